The van der Waals surface area contributed by atoms with Gasteiger partial charge in [0.2, 0.25) is 0 Å². The van der Waals surface area contributed by atoms with E-state index in [0.717, 1.165) is 40.8 Å². The molecule has 0 N–H and O–H groups in total. The molecule has 0 fully saturated rings. The Hall–Kier alpha value is -3.08. The van der Waals surface area contributed by atoms with E-state index in [4.69, 9.17) is 4.74 Å². The molecule has 0 amide bonds. The Morgan fingerprint density at radius 2 is 1.79 bits per heavy atom. The van der Waals surface area contributed by atoms with Gasteiger partial charge < -0.3 is 4.74 Å². The molecule has 2 aromatic rings. The van der Waals surface area contributed by atoms with E-state index in [0.29, 0.717) is 17.0 Å². The SMILES string of the molecule is C=C(C=C(C)C=CC(C)CC)c1ccc(CC(=O)OCC)cc1-c1ccc(C(F)(F)F)cc1. The average Bonchev–Trinajstić information content (AvgIpc) is 2.77. The second-order valence-corrected chi connectivity index (χ2v) is 8.10. The lowest BCUT2D eigenvalue weighted by atomic mass is 9.91. The molecule has 1 unspecified atom stereocenters. The maximum Gasteiger partial charge on any atom is 0.416 e. The van der Waals surface area contributed by atoms with E-state index < -0.39 is 11.7 Å². The number of rotatable bonds is 9. The van der Waals surface area contributed by atoms with Crippen LogP contribution in [0, 0.1) is 5.92 Å². The van der Waals surface area contributed by atoms with Gasteiger partial charge in [-0.15, -0.1) is 0 Å². The normalized spacial score (nSPS) is 13.2. The summed E-state index contributed by atoms with van der Waals surface area (Å²) in [5, 5.41) is 0. The largest absolute Gasteiger partial charge is 0.466 e. The van der Waals surface area contributed by atoms with Crippen LogP contribution in [0.25, 0.3) is 16.7 Å². The summed E-state index contributed by atoms with van der Waals surface area (Å²) in [6.07, 6.45) is 2.86. The lowest BCUT2D eigenvalue weighted by molar-refractivity contribution is -0.142. The summed E-state index contributed by atoms with van der Waals surface area (Å²) >= 11 is 0. The molecule has 0 aliphatic heterocycles. The second kappa shape index (κ2) is 11.7. The highest BCUT2D eigenvalue weighted by Gasteiger charge is 2.30. The molecule has 33 heavy (non-hydrogen) atoms. The number of hydrogen-bond acceptors (Lipinski definition) is 2. The minimum atomic E-state index is -4.40. The van der Waals surface area contributed by atoms with Crippen LogP contribution < -0.4 is 0 Å². The summed E-state index contributed by atoms with van der Waals surface area (Å²) < 4.78 is 44.1. The van der Waals surface area contributed by atoms with Crippen molar-refractivity contribution in [3.8, 4) is 11.1 Å². The van der Waals surface area contributed by atoms with E-state index in [1.807, 2.05) is 37.3 Å². The minimum Gasteiger partial charge on any atom is -0.466 e. The first kappa shape index (κ1) is 26.2. The molecule has 0 spiro atoms. The average molecular weight is 457 g/mol. The Morgan fingerprint density at radius 3 is 2.36 bits per heavy atom. The van der Waals surface area contributed by atoms with Gasteiger partial charge >= 0.3 is 12.1 Å². The maximum absolute atomic E-state index is 13.0. The Bertz CT molecular complexity index is 1030. The monoisotopic (exact) mass is 456 g/mol. The van der Waals surface area contributed by atoms with Crippen LogP contribution in [0.2, 0.25) is 0 Å². The summed E-state index contributed by atoms with van der Waals surface area (Å²) in [5.41, 5.74) is 3.89. The minimum absolute atomic E-state index is 0.0841. The lowest BCUT2D eigenvalue weighted by Gasteiger charge is -2.14. The summed E-state index contributed by atoms with van der Waals surface area (Å²) in [5.74, 6) is 0.111. The van der Waals surface area contributed by atoms with Crippen LogP contribution in [0.1, 0.15) is 50.8 Å². The van der Waals surface area contributed by atoms with Crippen molar-refractivity contribution in [1.29, 1.82) is 0 Å². The van der Waals surface area contributed by atoms with Gasteiger partial charge in [-0.1, -0.05) is 74.9 Å². The lowest BCUT2D eigenvalue weighted by Crippen LogP contribution is -2.08. The van der Waals surface area contributed by atoms with E-state index in [9.17, 15) is 18.0 Å². The number of esters is 1. The van der Waals surface area contributed by atoms with Crippen molar-refractivity contribution in [3.05, 3.63) is 89.5 Å². The Morgan fingerprint density at radius 1 is 1.12 bits per heavy atom. The van der Waals surface area contributed by atoms with Crippen LogP contribution in [0.3, 0.4) is 0 Å². The molecule has 0 aromatic heterocycles. The molecule has 0 saturated carbocycles. The van der Waals surface area contributed by atoms with Gasteiger partial charge in [0, 0.05) is 0 Å². The van der Waals surface area contributed by atoms with Gasteiger partial charge in [0.05, 0.1) is 18.6 Å². The van der Waals surface area contributed by atoms with Gasteiger partial charge in [-0.2, -0.15) is 13.2 Å². The van der Waals surface area contributed by atoms with E-state index in [1.54, 1.807) is 6.92 Å². The molecule has 1 atom stereocenters. The predicted octanol–water partition coefficient (Wildman–Crippen LogP) is 8.04. The van der Waals surface area contributed by atoms with Gasteiger partial charge in [-0.25, -0.2) is 0 Å². The zero-order chi connectivity index (χ0) is 24.6. The molecule has 176 valence electrons. The molecule has 5 heteroatoms. The number of benzene rings is 2. The van der Waals surface area contributed by atoms with Gasteiger partial charge in [0.15, 0.2) is 0 Å². The van der Waals surface area contributed by atoms with Gasteiger partial charge in [-0.3, -0.25) is 4.79 Å². The number of allylic oxidation sites excluding steroid dienone is 5. The van der Waals surface area contributed by atoms with E-state index in [1.165, 1.54) is 12.1 Å². The van der Waals surface area contributed by atoms with Crippen LogP contribution in [0.4, 0.5) is 13.2 Å². The third-order valence-corrected chi connectivity index (χ3v) is 5.34. The highest BCUT2D eigenvalue weighted by Crippen LogP contribution is 2.34. The van der Waals surface area contributed by atoms with Crippen LogP contribution in [-0.4, -0.2) is 12.6 Å². The number of carbonyl (C=O) groups is 1. The van der Waals surface area contributed by atoms with Crippen molar-refractivity contribution in [3.63, 3.8) is 0 Å². The highest BCUT2D eigenvalue weighted by atomic mass is 19.4. The quantitative estimate of drug-likeness (QED) is 0.282. The Labute approximate surface area is 194 Å². The molecule has 2 rings (SSSR count). The van der Waals surface area contributed by atoms with E-state index in [-0.39, 0.29) is 19.0 Å². The number of halogens is 3. The summed E-state index contributed by atoms with van der Waals surface area (Å²) in [7, 11) is 0. The van der Waals surface area contributed by atoms with Crippen molar-refractivity contribution < 1.29 is 22.7 Å². The van der Waals surface area contributed by atoms with Gasteiger partial charge in [0.25, 0.3) is 0 Å². The predicted molar refractivity (Wildman–Crippen MR) is 129 cm³/mol. The van der Waals surface area contributed by atoms with Crippen molar-refractivity contribution in [2.45, 2.75) is 46.7 Å². The van der Waals surface area contributed by atoms with E-state index >= 15 is 0 Å². The molecule has 0 bridgehead atoms. The first-order valence-electron chi connectivity index (χ1n) is 11.1. The molecule has 0 heterocycles. The molecule has 0 aliphatic carbocycles. The van der Waals surface area contributed by atoms with Crippen LogP contribution in [-0.2, 0) is 22.1 Å². The molecule has 0 radical (unpaired) electrons. The van der Waals surface area contributed by atoms with Crippen LogP contribution in [0.5, 0.6) is 0 Å². The number of hydrogen-bond donors (Lipinski definition) is 0. The third-order valence-electron chi connectivity index (χ3n) is 5.34. The smallest absolute Gasteiger partial charge is 0.416 e. The molecule has 2 aromatic carbocycles. The molecule has 0 aliphatic rings. The Balaban J connectivity index is 2.48. The topological polar surface area (TPSA) is 26.3 Å². The van der Waals surface area contributed by atoms with Gasteiger partial charge in [0.1, 0.15) is 0 Å². The van der Waals surface area contributed by atoms with Crippen molar-refractivity contribution in [2.75, 3.05) is 6.61 Å². The fourth-order valence-electron chi connectivity index (χ4n) is 3.29. The fraction of sp³-hybridized carbons (Fsp3) is 0.321. The van der Waals surface area contributed by atoms with Crippen molar-refractivity contribution >= 4 is 11.5 Å². The standard InChI is InChI=1S/C28H31F3O2/c1-6-19(3)8-9-20(4)16-21(5)25-15-10-22(18-27(32)33-7-2)17-26(25)23-11-13-24(14-12-23)28(29,30)31/h8-17,19H,5-7,18H2,1-4H3. The van der Waals surface area contributed by atoms with E-state index in [2.05, 4.69) is 26.5 Å². The molecule has 0 saturated heterocycles. The number of carbonyl (C=O) groups excluding carboxylic acids is 1. The van der Waals surface area contributed by atoms with Crippen LogP contribution >= 0.6 is 0 Å². The molecule has 2 nitrogen and oxygen atoms in total. The zero-order valence-corrected chi connectivity index (χ0v) is 19.6. The third kappa shape index (κ3) is 7.77. The van der Waals surface area contributed by atoms with Crippen molar-refractivity contribution in [2.24, 2.45) is 5.92 Å². The van der Waals surface area contributed by atoms with Crippen molar-refractivity contribution in [1.82, 2.24) is 0 Å². The summed E-state index contributed by atoms with van der Waals surface area (Å²) in [6, 6.07) is 10.5. The molecular weight excluding hydrogens is 425 g/mol. The Kier molecular flexibility index (Phi) is 9.27. The summed E-state index contributed by atoms with van der Waals surface area (Å²) in [4.78, 5) is 11.9. The number of ether oxygens (including phenoxy) is 1. The molecular formula is C28H31F3O2. The highest BCUT2D eigenvalue weighted by molar-refractivity contribution is 5.86. The first-order chi connectivity index (χ1) is 15.5. The maximum atomic E-state index is 13.0. The second-order valence-electron chi connectivity index (χ2n) is 8.10. The number of alkyl halides is 3. The van der Waals surface area contributed by atoms with Gasteiger partial charge in [-0.05, 0) is 65.8 Å². The summed E-state index contributed by atoms with van der Waals surface area (Å²) in [6.45, 7) is 12.5. The van der Waals surface area contributed by atoms with Crippen LogP contribution in [0.15, 0.2) is 72.8 Å². The fourth-order valence-corrected chi connectivity index (χ4v) is 3.29. The zero-order valence-electron chi connectivity index (χ0n) is 19.6. The first-order valence-corrected chi connectivity index (χ1v) is 11.1.